The highest BCUT2D eigenvalue weighted by molar-refractivity contribution is 5.91. The highest BCUT2D eigenvalue weighted by atomic mass is 16.4. The zero-order valence-electron chi connectivity index (χ0n) is 8.83. The molecule has 0 heterocycles. The molecule has 0 aliphatic rings. The molecule has 1 rings (SSSR count). The highest BCUT2D eigenvalue weighted by Crippen LogP contribution is 2.21. The molecule has 0 aromatic heterocycles. The van der Waals surface area contributed by atoms with Crippen LogP contribution in [0.1, 0.15) is 16.8 Å². The van der Waals surface area contributed by atoms with E-state index < -0.39 is 11.9 Å². The van der Waals surface area contributed by atoms with Gasteiger partial charge >= 0.3 is 11.9 Å². The van der Waals surface area contributed by atoms with Gasteiger partial charge < -0.3 is 26.2 Å². The molecule has 0 bridgehead atoms. The average molecular weight is 243 g/mol. The third-order valence-electron chi connectivity index (χ3n) is 1.57. The predicted octanol–water partition coefficient (Wildman–Crippen LogP) is 0.216. The van der Waals surface area contributed by atoms with E-state index in [2.05, 4.69) is 0 Å². The number of carbonyl (C=O) groups is 2. The number of phenolic OH excluding ortho intramolecular Hbond substituents is 1. The fourth-order valence-electron chi connectivity index (χ4n) is 0.819. The molecule has 1 aromatic rings. The summed E-state index contributed by atoms with van der Waals surface area (Å²) in [6.07, 6.45) is 0.0694. The molecular formula is C10H13NO6. The standard InChI is InChI=1S/C7H6O4.C3H7NO2/c8-4-1-2-6(9)5(3-4)7(10)11;4-2-1-3(5)6/h1-3,8-9H,(H,10,11);1-2,4H2,(H,5,6). The number of aromatic carboxylic acids is 1. The van der Waals surface area contributed by atoms with Crippen LogP contribution in [0, 0.1) is 0 Å². The molecule has 0 aliphatic carbocycles. The van der Waals surface area contributed by atoms with Crippen molar-refractivity contribution in [3.8, 4) is 11.5 Å². The van der Waals surface area contributed by atoms with Crippen LogP contribution in [0.25, 0.3) is 0 Å². The summed E-state index contributed by atoms with van der Waals surface area (Å²) in [5.74, 6) is -2.63. The number of aliphatic carboxylic acids is 1. The Hall–Kier alpha value is -2.28. The van der Waals surface area contributed by atoms with Crippen LogP contribution in [0.3, 0.4) is 0 Å². The lowest BCUT2D eigenvalue weighted by Gasteiger charge is -1.98. The lowest BCUT2D eigenvalue weighted by atomic mass is 10.2. The van der Waals surface area contributed by atoms with Gasteiger partial charge in [-0.2, -0.15) is 0 Å². The minimum absolute atomic E-state index is 0.0694. The average Bonchev–Trinajstić information content (AvgIpc) is 2.22. The Labute approximate surface area is 96.7 Å². The molecule has 0 atom stereocenters. The van der Waals surface area contributed by atoms with Crippen LogP contribution in [0.15, 0.2) is 18.2 Å². The maximum atomic E-state index is 10.3. The monoisotopic (exact) mass is 243 g/mol. The fourth-order valence-corrected chi connectivity index (χ4v) is 0.819. The fraction of sp³-hybridized carbons (Fsp3) is 0.200. The molecule has 7 nitrogen and oxygen atoms in total. The number of aromatic hydroxyl groups is 2. The van der Waals surface area contributed by atoms with Crippen molar-refractivity contribution in [1.82, 2.24) is 0 Å². The molecule has 0 aliphatic heterocycles. The second kappa shape index (κ2) is 7.07. The van der Waals surface area contributed by atoms with E-state index >= 15 is 0 Å². The minimum atomic E-state index is -1.27. The van der Waals surface area contributed by atoms with Gasteiger partial charge in [-0.3, -0.25) is 4.79 Å². The molecule has 17 heavy (non-hydrogen) atoms. The van der Waals surface area contributed by atoms with E-state index in [1.807, 2.05) is 0 Å². The Kier molecular flexibility index (Phi) is 6.12. The lowest BCUT2D eigenvalue weighted by Crippen LogP contribution is -2.05. The summed E-state index contributed by atoms with van der Waals surface area (Å²) in [6.45, 7) is 0.231. The molecule has 7 heteroatoms. The zero-order chi connectivity index (χ0) is 13.4. The van der Waals surface area contributed by atoms with Crippen LogP contribution in [0.4, 0.5) is 0 Å². The Morgan fingerprint density at radius 1 is 1.18 bits per heavy atom. The number of rotatable bonds is 3. The van der Waals surface area contributed by atoms with Gasteiger partial charge in [-0.25, -0.2) is 4.79 Å². The summed E-state index contributed by atoms with van der Waals surface area (Å²) in [6, 6.07) is 3.32. The van der Waals surface area contributed by atoms with Crippen LogP contribution < -0.4 is 5.73 Å². The molecule has 0 saturated carbocycles. The maximum absolute atomic E-state index is 10.3. The van der Waals surface area contributed by atoms with Gasteiger partial charge in [-0.05, 0) is 18.2 Å². The van der Waals surface area contributed by atoms with E-state index in [-0.39, 0.29) is 30.0 Å². The predicted molar refractivity (Wildman–Crippen MR) is 58.0 cm³/mol. The Bertz CT molecular complexity index is 404. The Balaban J connectivity index is 0.000000366. The zero-order valence-corrected chi connectivity index (χ0v) is 8.83. The van der Waals surface area contributed by atoms with E-state index in [1.54, 1.807) is 0 Å². The SMILES string of the molecule is NCCC(=O)O.O=C(O)c1cc(O)ccc1O. The molecule has 94 valence electrons. The Morgan fingerprint density at radius 2 is 1.76 bits per heavy atom. The summed E-state index contributed by atoms with van der Waals surface area (Å²) < 4.78 is 0. The van der Waals surface area contributed by atoms with Crippen molar-refractivity contribution >= 4 is 11.9 Å². The van der Waals surface area contributed by atoms with Crippen molar-refractivity contribution in [2.45, 2.75) is 6.42 Å². The van der Waals surface area contributed by atoms with Gasteiger partial charge in [0.25, 0.3) is 0 Å². The van der Waals surface area contributed by atoms with E-state index in [1.165, 1.54) is 6.07 Å². The van der Waals surface area contributed by atoms with E-state index in [0.717, 1.165) is 12.1 Å². The largest absolute Gasteiger partial charge is 0.508 e. The summed E-state index contributed by atoms with van der Waals surface area (Å²) in [4.78, 5) is 19.8. The first-order chi connectivity index (χ1) is 7.88. The third-order valence-corrected chi connectivity index (χ3v) is 1.57. The van der Waals surface area contributed by atoms with Crippen molar-refractivity contribution in [1.29, 1.82) is 0 Å². The topological polar surface area (TPSA) is 141 Å². The van der Waals surface area contributed by atoms with Gasteiger partial charge in [-0.15, -0.1) is 0 Å². The number of hydrogen-bond donors (Lipinski definition) is 5. The summed E-state index contributed by atoms with van der Waals surface area (Å²) in [5.41, 5.74) is 4.55. The molecule has 0 radical (unpaired) electrons. The number of hydrogen-bond acceptors (Lipinski definition) is 5. The maximum Gasteiger partial charge on any atom is 0.339 e. The molecule has 0 fully saturated rings. The van der Waals surface area contributed by atoms with Crippen molar-refractivity contribution < 1.29 is 30.0 Å². The quantitative estimate of drug-likeness (QED) is 0.478. The number of phenols is 2. The molecular weight excluding hydrogens is 230 g/mol. The van der Waals surface area contributed by atoms with Gasteiger partial charge in [0, 0.05) is 6.54 Å². The van der Waals surface area contributed by atoms with Gasteiger partial charge in [-0.1, -0.05) is 0 Å². The second-order valence-corrected chi connectivity index (χ2v) is 2.94. The van der Waals surface area contributed by atoms with Crippen molar-refractivity contribution in [2.24, 2.45) is 5.73 Å². The van der Waals surface area contributed by atoms with Crippen molar-refractivity contribution in [3.63, 3.8) is 0 Å². The van der Waals surface area contributed by atoms with Crippen molar-refractivity contribution in [3.05, 3.63) is 23.8 Å². The highest BCUT2D eigenvalue weighted by Gasteiger charge is 2.08. The van der Waals surface area contributed by atoms with Crippen LogP contribution in [0.5, 0.6) is 11.5 Å². The number of carboxylic acids is 2. The van der Waals surface area contributed by atoms with Crippen molar-refractivity contribution in [2.75, 3.05) is 6.54 Å². The minimum Gasteiger partial charge on any atom is -0.508 e. The van der Waals surface area contributed by atoms with E-state index in [4.69, 9.17) is 26.2 Å². The van der Waals surface area contributed by atoms with Gasteiger partial charge in [0.1, 0.15) is 17.1 Å². The summed E-state index contributed by atoms with van der Waals surface area (Å²) >= 11 is 0. The smallest absolute Gasteiger partial charge is 0.339 e. The first kappa shape index (κ1) is 14.7. The summed E-state index contributed by atoms with van der Waals surface area (Å²) in [7, 11) is 0. The first-order valence-electron chi connectivity index (χ1n) is 4.55. The molecule has 0 saturated heterocycles. The molecule has 0 unspecified atom stereocenters. The number of carboxylic acid groups (broad SMARTS) is 2. The van der Waals surface area contributed by atoms with Crippen LogP contribution in [-0.2, 0) is 4.79 Å². The van der Waals surface area contributed by atoms with Gasteiger partial charge in [0.15, 0.2) is 0 Å². The van der Waals surface area contributed by atoms with E-state index in [9.17, 15) is 9.59 Å². The third kappa shape index (κ3) is 6.00. The molecule has 0 spiro atoms. The Morgan fingerprint density at radius 3 is 2.06 bits per heavy atom. The molecule has 1 aromatic carbocycles. The number of nitrogens with two attached hydrogens (primary N) is 1. The second-order valence-electron chi connectivity index (χ2n) is 2.94. The van der Waals surface area contributed by atoms with E-state index in [0.29, 0.717) is 0 Å². The normalized spacial score (nSPS) is 9.00. The van der Waals surface area contributed by atoms with Gasteiger partial charge in [0.05, 0.1) is 6.42 Å². The number of benzene rings is 1. The molecule has 0 amide bonds. The summed E-state index contributed by atoms with van der Waals surface area (Å²) in [5, 5.41) is 34.0. The van der Waals surface area contributed by atoms with Crippen LogP contribution in [-0.4, -0.2) is 38.9 Å². The van der Waals surface area contributed by atoms with Crippen LogP contribution in [0.2, 0.25) is 0 Å². The van der Waals surface area contributed by atoms with Crippen LogP contribution >= 0.6 is 0 Å². The van der Waals surface area contributed by atoms with Gasteiger partial charge in [0.2, 0.25) is 0 Å². The lowest BCUT2D eigenvalue weighted by molar-refractivity contribution is -0.136. The first-order valence-corrected chi connectivity index (χ1v) is 4.55. The molecule has 6 N–H and O–H groups in total.